The average Bonchev–Trinajstić information content (AvgIpc) is 2.63. The van der Waals surface area contributed by atoms with Crippen molar-refractivity contribution >= 4 is 6.01 Å². The van der Waals surface area contributed by atoms with Crippen LogP contribution in [0.4, 0.5) is 23.6 Å². The molecule has 0 aliphatic rings. The molecule has 17 heavy (non-hydrogen) atoms. The molecular formula is C10H6F4N2O. The molecule has 0 amide bonds. The van der Waals surface area contributed by atoms with Crippen LogP contribution in [-0.4, -0.2) is 4.98 Å². The zero-order chi connectivity index (χ0) is 12.6. The standard InChI is InChI=1S/C10H6F4N2O/c11-7-2-1-5(10(12,13)14)3-6(7)8-4-16-9(15)17-8/h1-4H,(H2,15,16). The van der Waals surface area contributed by atoms with Gasteiger partial charge in [-0.05, 0) is 18.2 Å². The Hall–Kier alpha value is -2.05. The van der Waals surface area contributed by atoms with Gasteiger partial charge in [-0.25, -0.2) is 9.37 Å². The summed E-state index contributed by atoms with van der Waals surface area (Å²) in [6, 6.07) is 1.78. The fourth-order valence-corrected chi connectivity index (χ4v) is 1.30. The second-order valence-electron chi connectivity index (χ2n) is 3.26. The monoisotopic (exact) mass is 246 g/mol. The summed E-state index contributed by atoms with van der Waals surface area (Å²) in [5.74, 6) is -0.986. The van der Waals surface area contributed by atoms with E-state index in [0.29, 0.717) is 12.1 Å². The SMILES string of the molecule is Nc1ncc(-c2cc(C(F)(F)F)ccc2F)o1. The largest absolute Gasteiger partial charge is 0.424 e. The Morgan fingerprint density at radius 3 is 2.47 bits per heavy atom. The number of hydrogen-bond acceptors (Lipinski definition) is 3. The van der Waals surface area contributed by atoms with Crippen LogP contribution in [-0.2, 0) is 6.18 Å². The summed E-state index contributed by atoms with van der Waals surface area (Å²) in [5, 5.41) is 0. The van der Waals surface area contributed by atoms with Gasteiger partial charge in [0.25, 0.3) is 6.01 Å². The zero-order valence-electron chi connectivity index (χ0n) is 8.25. The maximum absolute atomic E-state index is 13.4. The highest BCUT2D eigenvalue weighted by atomic mass is 19.4. The number of alkyl halides is 3. The van der Waals surface area contributed by atoms with E-state index in [0.717, 1.165) is 12.3 Å². The maximum Gasteiger partial charge on any atom is 0.416 e. The second-order valence-corrected chi connectivity index (χ2v) is 3.26. The third-order valence-corrected chi connectivity index (χ3v) is 2.08. The van der Waals surface area contributed by atoms with Gasteiger partial charge in [-0.1, -0.05) is 0 Å². The Balaban J connectivity index is 2.54. The van der Waals surface area contributed by atoms with E-state index < -0.39 is 17.6 Å². The van der Waals surface area contributed by atoms with E-state index in [9.17, 15) is 17.6 Å². The van der Waals surface area contributed by atoms with Crippen molar-refractivity contribution in [2.75, 3.05) is 5.73 Å². The molecule has 0 aliphatic carbocycles. The van der Waals surface area contributed by atoms with Crippen LogP contribution in [0.3, 0.4) is 0 Å². The van der Waals surface area contributed by atoms with Crippen molar-refractivity contribution in [1.29, 1.82) is 0 Å². The lowest BCUT2D eigenvalue weighted by Crippen LogP contribution is -2.05. The maximum atomic E-state index is 13.4. The van der Waals surface area contributed by atoms with Crippen LogP contribution in [0.15, 0.2) is 28.8 Å². The van der Waals surface area contributed by atoms with E-state index in [1.807, 2.05) is 0 Å². The number of benzene rings is 1. The fourth-order valence-electron chi connectivity index (χ4n) is 1.30. The Morgan fingerprint density at radius 1 is 1.24 bits per heavy atom. The van der Waals surface area contributed by atoms with E-state index in [-0.39, 0.29) is 17.3 Å². The number of anilines is 1. The smallest absolute Gasteiger partial charge is 0.416 e. The Kier molecular flexibility index (Phi) is 2.53. The molecule has 0 fully saturated rings. The molecule has 0 saturated heterocycles. The molecule has 0 bridgehead atoms. The van der Waals surface area contributed by atoms with Crippen molar-refractivity contribution in [3.05, 3.63) is 35.8 Å². The number of rotatable bonds is 1. The van der Waals surface area contributed by atoms with E-state index in [4.69, 9.17) is 10.2 Å². The lowest BCUT2D eigenvalue weighted by Gasteiger charge is -2.08. The Bertz CT molecular complexity index is 547. The van der Waals surface area contributed by atoms with Gasteiger partial charge in [-0.3, -0.25) is 0 Å². The minimum absolute atomic E-state index is 0.147. The van der Waals surface area contributed by atoms with Gasteiger partial charge in [0.1, 0.15) is 5.82 Å². The van der Waals surface area contributed by atoms with Crippen LogP contribution >= 0.6 is 0 Å². The number of halogens is 4. The molecule has 2 N–H and O–H groups in total. The van der Waals surface area contributed by atoms with E-state index in [1.54, 1.807) is 0 Å². The molecule has 7 heteroatoms. The van der Waals surface area contributed by atoms with Crippen LogP contribution in [0.5, 0.6) is 0 Å². The predicted molar refractivity (Wildman–Crippen MR) is 51.3 cm³/mol. The van der Waals surface area contributed by atoms with Crippen molar-refractivity contribution < 1.29 is 22.0 Å². The number of nitrogen functional groups attached to an aromatic ring is 1. The predicted octanol–water partition coefficient (Wildman–Crippen LogP) is 3.08. The summed E-state index contributed by atoms with van der Waals surface area (Å²) >= 11 is 0. The van der Waals surface area contributed by atoms with Crippen molar-refractivity contribution in [2.24, 2.45) is 0 Å². The minimum atomic E-state index is -4.55. The first-order chi connectivity index (χ1) is 7.88. The molecule has 0 spiro atoms. The quantitative estimate of drug-likeness (QED) is 0.786. The summed E-state index contributed by atoms with van der Waals surface area (Å²) in [6.07, 6.45) is -3.48. The summed E-state index contributed by atoms with van der Waals surface area (Å²) in [7, 11) is 0. The highest BCUT2D eigenvalue weighted by Gasteiger charge is 2.31. The van der Waals surface area contributed by atoms with Gasteiger partial charge in [0.15, 0.2) is 5.76 Å². The third kappa shape index (κ3) is 2.22. The molecule has 0 saturated carbocycles. The van der Waals surface area contributed by atoms with Gasteiger partial charge in [-0.15, -0.1) is 0 Å². The summed E-state index contributed by atoms with van der Waals surface area (Å²) in [4.78, 5) is 3.49. The summed E-state index contributed by atoms with van der Waals surface area (Å²) < 4.78 is 55.4. The van der Waals surface area contributed by atoms with Gasteiger partial charge >= 0.3 is 6.18 Å². The molecule has 0 aliphatic heterocycles. The van der Waals surface area contributed by atoms with Crippen molar-refractivity contribution in [3.63, 3.8) is 0 Å². The fraction of sp³-hybridized carbons (Fsp3) is 0.100. The molecule has 2 rings (SSSR count). The lowest BCUT2D eigenvalue weighted by atomic mass is 10.1. The number of aromatic nitrogens is 1. The number of nitrogens with two attached hydrogens (primary N) is 1. The molecule has 1 aromatic carbocycles. The molecule has 1 aromatic heterocycles. The normalized spacial score (nSPS) is 11.8. The average molecular weight is 246 g/mol. The van der Waals surface area contributed by atoms with Crippen LogP contribution in [0.25, 0.3) is 11.3 Å². The molecule has 0 unspecified atom stereocenters. The Morgan fingerprint density at radius 2 is 1.94 bits per heavy atom. The third-order valence-electron chi connectivity index (χ3n) is 2.08. The molecule has 3 nitrogen and oxygen atoms in total. The second kappa shape index (κ2) is 3.76. The highest BCUT2D eigenvalue weighted by Crippen LogP contribution is 2.33. The lowest BCUT2D eigenvalue weighted by molar-refractivity contribution is -0.137. The number of nitrogens with zero attached hydrogens (tertiary/aromatic N) is 1. The van der Waals surface area contributed by atoms with Crippen LogP contribution in [0.2, 0.25) is 0 Å². The first-order valence-corrected chi connectivity index (χ1v) is 4.46. The van der Waals surface area contributed by atoms with Crippen LogP contribution in [0, 0.1) is 5.82 Å². The van der Waals surface area contributed by atoms with Gasteiger partial charge in [0.05, 0.1) is 17.3 Å². The van der Waals surface area contributed by atoms with Gasteiger partial charge < -0.3 is 10.2 Å². The van der Waals surface area contributed by atoms with Crippen LogP contribution < -0.4 is 5.73 Å². The van der Waals surface area contributed by atoms with Gasteiger partial charge in [0.2, 0.25) is 0 Å². The topological polar surface area (TPSA) is 52.0 Å². The van der Waals surface area contributed by atoms with Crippen molar-refractivity contribution in [3.8, 4) is 11.3 Å². The molecule has 2 aromatic rings. The first kappa shape index (κ1) is 11.4. The molecule has 1 heterocycles. The van der Waals surface area contributed by atoms with E-state index in [2.05, 4.69) is 4.98 Å². The van der Waals surface area contributed by atoms with E-state index in [1.165, 1.54) is 0 Å². The van der Waals surface area contributed by atoms with Gasteiger partial charge in [-0.2, -0.15) is 13.2 Å². The Labute approximate surface area is 92.9 Å². The molecular weight excluding hydrogens is 240 g/mol. The summed E-state index contributed by atoms with van der Waals surface area (Å²) in [6.45, 7) is 0. The van der Waals surface area contributed by atoms with E-state index >= 15 is 0 Å². The van der Waals surface area contributed by atoms with Crippen molar-refractivity contribution in [2.45, 2.75) is 6.18 Å². The molecule has 0 atom stereocenters. The number of hydrogen-bond donors (Lipinski definition) is 1. The van der Waals surface area contributed by atoms with Crippen molar-refractivity contribution in [1.82, 2.24) is 4.98 Å². The van der Waals surface area contributed by atoms with Crippen LogP contribution in [0.1, 0.15) is 5.56 Å². The number of oxazole rings is 1. The molecule has 0 radical (unpaired) electrons. The molecule has 90 valence electrons. The summed E-state index contributed by atoms with van der Waals surface area (Å²) in [5.41, 5.74) is 3.87. The van der Waals surface area contributed by atoms with Gasteiger partial charge in [0, 0.05) is 0 Å². The minimum Gasteiger partial charge on any atom is -0.424 e. The highest BCUT2D eigenvalue weighted by molar-refractivity contribution is 5.59. The zero-order valence-corrected chi connectivity index (χ0v) is 8.25. The first-order valence-electron chi connectivity index (χ1n) is 4.46.